The summed E-state index contributed by atoms with van der Waals surface area (Å²) in [6, 6.07) is 2.89. The van der Waals surface area contributed by atoms with E-state index in [1.54, 1.807) is 6.92 Å². The molecule has 8 nitrogen and oxygen atoms in total. The lowest BCUT2D eigenvalue weighted by Crippen LogP contribution is -2.28. The van der Waals surface area contributed by atoms with Crippen LogP contribution in [0.3, 0.4) is 0 Å². The van der Waals surface area contributed by atoms with E-state index < -0.39 is 17.4 Å². The van der Waals surface area contributed by atoms with Gasteiger partial charge in [0.2, 0.25) is 6.79 Å². The third-order valence-corrected chi connectivity index (χ3v) is 2.99. The van der Waals surface area contributed by atoms with Gasteiger partial charge < -0.3 is 18.6 Å². The Kier molecular flexibility index (Phi) is 3.13. The average Bonchev–Trinajstić information content (AvgIpc) is 2.89. The number of nitrogens with zero attached hydrogens (tertiary/aromatic N) is 1. The Bertz CT molecular complexity index is 833. The fourth-order valence-electron chi connectivity index (χ4n) is 2.09. The number of benzene rings is 1. The van der Waals surface area contributed by atoms with Crippen LogP contribution >= 0.6 is 0 Å². The molecule has 0 radical (unpaired) electrons. The van der Waals surface area contributed by atoms with Crippen LogP contribution in [0.2, 0.25) is 0 Å². The van der Waals surface area contributed by atoms with Crippen molar-refractivity contribution in [1.29, 1.82) is 0 Å². The predicted molar refractivity (Wildman–Crippen MR) is 69.5 cm³/mol. The van der Waals surface area contributed by atoms with E-state index in [0.29, 0.717) is 11.5 Å². The normalized spacial score (nSPS) is 12.6. The molecule has 0 unspecified atom stereocenters. The zero-order valence-corrected chi connectivity index (χ0v) is 11.1. The number of carbonyl (C=O) groups is 1. The van der Waals surface area contributed by atoms with E-state index in [1.165, 1.54) is 12.1 Å². The lowest BCUT2D eigenvalue weighted by atomic mass is 10.2. The second-order valence-corrected chi connectivity index (χ2v) is 4.27. The third-order valence-electron chi connectivity index (χ3n) is 2.99. The number of ether oxygens (including phenoxy) is 3. The van der Waals surface area contributed by atoms with Crippen LogP contribution in [0.5, 0.6) is 11.5 Å². The van der Waals surface area contributed by atoms with Gasteiger partial charge in [-0.2, -0.15) is 0 Å². The molecule has 0 saturated carbocycles. The van der Waals surface area contributed by atoms with Crippen molar-refractivity contribution in [2.75, 3.05) is 13.4 Å². The molecule has 0 atom stereocenters. The highest BCUT2D eigenvalue weighted by molar-refractivity contribution is 5.83. The first-order chi connectivity index (χ1) is 10.1. The number of hydrogen-bond acceptors (Lipinski definition) is 7. The van der Waals surface area contributed by atoms with Crippen LogP contribution in [0.1, 0.15) is 6.92 Å². The molecule has 8 heteroatoms. The van der Waals surface area contributed by atoms with Gasteiger partial charge in [-0.1, -0.05) is 0 Å². The van der Waals surface area contributed by atoms with Crippen molar-refractivity contribution in [3.63, 3.8) is 0 Å². The highest BCUT2D eigenvalue weighted by Gasteiger charge is 2.20. The zero-order chi connectivity index (χ0) is 15.0. The van der Waals surface area contributed by atoms with Crippen molar-refractivity contribution in [2.45, 2.75) is 13.5 Å². The summed E-state index contributed by atoms with van der Waals surface area (Å²) in [5.74, 6) is -0.756. The molecular weight excluding hydrogens is 282 g/mol. The first-order valence-corrected chi connectivity index (χ1v) is 6.23. The Balaban J connectivity index is 2.21. The summed E-state index contributed by atoms with van der Waals surface area (Å²) in [6.45, 7) is 1.52. The van der Waals surface area contributed by atoms with Crippen LogP contribution in [0, 0.1) is 0 Å². The van der Waals surface area contributed by atoms with Gasteiger partial charge in [0, 0.05) is 12.1 Å². The lowest BCUT2D eigenvalue weighted by molar-refractivity contribution is -0.143. The Labute approximate surface area is 117 Å². The zero-order valence-electron chi connectivity index (χ0n) is 11.1. The molecule has 0 fully saturated rings. The molecule has 1 aliphatic heterocycles. The first kappa shape index (κ1) is 13.2. The number of rotatable bonds is 3. The fourth-order valence-corrected chi connectivity index (χ4v) is 2.09. The van der Waals surface area contributed by atoms with Crippen molar-refractivity contribution in [3.8, 4) is 11.5 Å². The van der Waals surface area contributed by atoms with E-state index in [1.807, 2.05) is 0 Å². The van der Waals surface area contributed by atoms with E-state index in [2.05, 4.69) is 4.42 Å². The van der Waals surface area contributed by atoms with Crippen LogP contribution in [0.4, 0.5) is 0 Å². The molecule has 0 aliphatic carbocycles. The van der Waals surface area contributed by atoms with Crippen LogP contribution in [-0.2, 0) is 16.1 Å². The molecule has 21 heavy (non-hydrogen) atoms. The van der Waals surface area contributed by atoms with Gasteiger partial charge in [-0.3, -0.25) is 9.36 Å². The fraction of sp³-hybridized carbons (Fsp3) is 0.308. The minimum Gasteiger partial charge on any atom is -0.465 e. The first-order valence-electron chi connectivity index (χ1n) is 6.23. The number of esters is 1. The van der Waals surface area contributed by atoms with Crippen molar-refractivity contribution in [2.24, 2.45) is 0 Å². The third kappa shape index (κ3) is 2.24. The molecule has 110 valence electrons. The minimum absolute atomic E-state index is 0.0269. The largest absolute Gasteiger partial charge is 0.465 e. The van der Waals surface area contributed by atoms with Crippen molar-refractivity contribution in [3.05, 3.63) is 33.1 Å². The molecule has 0 amide bonds. The summed E-state index contributed by atoms with van der Waals surface area (Å²) in [5.41, 5.74) is -0.568. The number of aromatic nitrogens is 1. The van der Waals surface area contributed by atoms with Crippen LogP contribution in [0.15, 0.2) is 26.1 Å². The molecule has 3 rings (SSSR count). The Morgan fingerprint density at radius 3 is 2.71 bits per heavy atom. The van der Waals surface area contributed by atoms with E-state index >= 15 is 0 Å². The van der Waals surface area contributed by atoms with Crippen molar-refractivity contribution in [1.82, 2.24) is 4.57 Å². The highest BCUT2D eigenvalue weighted by Crippen LogP contribution is 2.34. The highest BCUT2D eigenvalue weighted by atomic mass is 16.7. The molecule has 1 aromatic carbocycles. The van der Waals surface area contributed by atoms with E-state index in [-0.39, 0.29) is 30.8 Å². The smallest absolute Gasteiger partial charge is 0.422 e. The summed E-state index contributed by atoms with van der Waals surface area (Å²) in [5, 5.41) is 0.128. The van der Waals surface area contributed by atoms with Crippen LogP contribution in [0.25, 0.3) is 10.9 Å². The molecule has 2 aromatic rings. The summed E-state index contributed by atoms with van der Waals surface area (Å²) in [7, 11) is 0. The lowest BCUT2D eigenvalue weighted by Gasteiger charge is -2.08. The van der Waals surface area contributed by atoms with Crippen LogP contribution in [-0.4, -0.2) is 23.9 Å². The monoisotopic (exact) mass is 293 g/mol. The van der Waals surface area contributed by atoms with E-state index in [9.17, 15) is 14.4 Å². The predicted octanol–water partition coefficient (Wildman–Crippen LogP) is 0.246. The van der Waals surface area contributed by atoms with Gasteiger partial charge >= 0.3 is 17.4 Å². The van der Waals surface area contributed by atoms with Gasteiger partial charge in [-0.25, -0.2) is 9.59 Å². The van der Waals surface area contributed by atoms with E-state index in [0.717, 1.165) is 4.57 Å². The molecular formula is C13H11NO7. The van der Waals surface area contributed by atoms with E-state index in [4.69, 9.17) is 14.2 Å². The quantitative estimate of drug-likeness (QED) is 0.748. The van der Waals surface area contributed by atoms with Gasteiger partial charge in [-0.05, 0) is 6.92 Å². The maximum Gasteiger partial charge on any atom is 0.422 e. The Hall–Kier alpha value is -2.77. The van der Waals surface area contributed by atoms with Crippen molar-refractivity contribution < 1.29 is 23.4 Å². The summed E-state index contributed by atoms with van der Waals surface area (Å²) in [4.78, 5) is 35.2. The van der Waals surface area contributed by atoms with Gasteiger partial charge in [0.15, 0.2) is 11.5 Å². The second kappa shape index (κ2) is 4.97. The van der Waals surface area contributed by atoms with Crippen molar-refractivity contribution >= 4 is 16.9 Å². The second-order valence-electron chi connectivity index (χ2n) is 4.27. The SMILES string of the molecule is CCOC(=O)Cn1c(=O)oc(=O)c2cc3c(cc21)OCO3. The molecule has 0 N–H and O–H groups in total. The Morgan fingerprint density at radius 1 is 1.29 bits per heavy atom. The minimum atomic E-state index is -0.931. The molecule has 1 aliphatic rings. The van der Waals surface area contributed by atoms with Gasteiger partial charge in [0.1, 0.15) is 6.54 Å². The molecule has 0 spiro atoms. The molecule has 2 heterocycles. The maximum atomic E-state index is 11.8. The summed E-state index contributed by atoms with van der Waals surface area (Å²) < 4.78 is 20.8. The number of fused-ring (bicyclic) bond motifs is 2. The number of hydrogen-bond donors (Lipinski definition) is 0. The molecule has 0 bridgehead atoms. The van der Waals surface area contributed by atoms with Gasteiger partial charge in [-0.15, -0.1) is 0 Å². The molecule has 0 saturated heterocycles. The number of carbonyl (C=O) groups excluding carboxylic acids is 1. The maximum absolute atomic E-state index is 11.8. The van der Waals surface area contributed by atoms with Gasteiger partial charge in [0.25, 0.3) is 0 Å². The average molecular weight is 293 g/mol. The van der Waals surface area contributed by atoms with Crippen LogP contribution < -0.4 is 20.9 Å². The van der Waals surface area contributed by atoms with Gasteiger partial charge in [0.05, 0.1) is 17.5 Å². The molecule has 1 aromatic heterocycles. The summed E-state index contributed by atoms with van der Waals surface area (Å²) in [6.07, 6.45) is 0. The standard InChI is InChI=1S/C13H11NO7/c1-2-18-11(15)5-14-8-4-10-9(19-6-20-10)3-7(8)12(16)21-13(14)17/h3-4H,2,5-6H2,1H3. The topological polar surface area (TPSA) is 97.0 Å². The summed E-state index contributed by atoms with van der Waals surface area (Å²) >= 11 is 0. The Morgan fingerprint density at radius 2 is 2.00 bits per heavy atom.